The Kier molecular flexibility index (Phi) is 4.85. The first-order chi connectivity index (χ1) is 4.66. The van der Waals surface area contributed by atoms with Crippen LogP contribution in [-0.2, 0) is 4.79 Å². The lowest BCUT2D eigenvalue weighted by Crippen LogP contribution is -1.97. The Balaban J connectivity index is 3.43. The van der Waals surface area contributed by atoms with Crippen LogP contribution < -0.4 is 0 Å². The van der Waals surface area contributed by atoms with Crippen LogP contribution in [0.2, 0.25) is 0 Å². The normalized spacial score (nSPS) is 14.9. The Morgan fingerprint density at radius 1 is 1.70 bits per heavy atom. The molecule has 0 aromatic heterocycles. The fraction of sp³-hybridized carbons (Fsp3) is 0.625. The van der Waals surface area contributed by atoms with Gasteiger partial charge in [0.25, 0.3) is 0 Å². The summed E-state index contributed by atoms with van der Waals surface area (Å²) < 4.78 is 0. The highest BCUT2D eigenvalue weighted by molar-refractivity contribution is 5.71. The fourth-order valence-electron chi connectivity index (χ4n) is 0.600. The summed E-state index contributed by atoms with van der Waals surface area (Å²) >= 11 is 0. The SMILES string of the molecule is C/C(C=O)=C\CCC(C)O. The van der Waals surface area contributed by atoms with Crippen molar-refractivity contribution in [2.24, 2.45) is 0 Å². The molecule has 2 nitrogen and oxygen atoms in total. The monoisotopic (exact) mass is 142 g/mol. The molecule has 0 radical (unpaired) electrons. The van der Waals surface area contributed by atoms with E-state index in [9.17, 15) is 4.79 Å². The Hall–Kier alpha value is -0.630. The summed E-state index contributed by atoms with van der Waals surface area (Å²) in [6, 6.07) is 0. The highest BCUT2D eigenvalue weighted by atomic mass is 16.3. The molecule has 0 saturated heterocycles. The molecule has 10 heavy (non-hydrogen) atoms. The van der Waals surface area contributed by atoms with Gasteiger partial charge in [0.2, 0.25) is 0 Å². The first-order valence-electron chi connectivity index (χ1n) is 3.47. The maximum atomic E-state index is 10.0. The van der Waals surface area contributed by atoms with E-state index in [0.717, 1.165) is 24.7 Å². The van der Waals surface area contributed by atoms with Gasteiger partial charge in [-0.3, -0.25) is 4.79 Å². The number of hydrogen-bond donors (Lipinski definition) is 1. The van der Waals surface area contributed by atoms with Gasteiger partial charge < -0.3 is 5.11 Å². The van der Waals surface area contributed by atoms with Crippen LogP contribution in [0.5, 0.6) is 0 Å². The molecule has 0 saturated carbocycles. The second-order valence-corrected chi connectivity index (χ2v) is 2.49. The zero-order valence-electron chi connectivity index (χ0n) is 6.50. The van der Waals surface area contributed by atoms with Crippen molar-refractivity contribution in [3.05, 3.63) is 11.6 Å². The van der Waals surface area contributed by atoms with E-state index in [1.54, 1.807) is 13.8 Å². The Bertz CT molecular complexity index is 125. The van der Waals surface area contributed by atoms with Crippen LogP contribution in [0.4, 0.5) is 0 Å². The summed E-state index contributed by atoms with van der Waals surface area (Å²) in [6.45, 7) is 3.50. The van der Waals surface area contributed by atoms with Crippen LogP contribution in [0.15, 0.2) is 11.6 Å². The quantitative estimate of drug-likeness (QED) is 0.474. The van der Waals surface area contributed by atoms with Crippen LogP contribution in [0.25, 0.3) is 0 Å². The number of aliphatic hydroxyl groups excluding tert-OH is 1. The lowest BCUT2D eigenvalue weighted by atomic mass is 10.2. The molecule has 0 bridgehead atoms. The molecule has 0 rings (SSSR count). The molecule has 0 aliphatic rings. The van der Waals surface area contributed by atoms with E-state index < -0.39 is 0 Å². The van der Waals surface area contributed by atoms with E-state index in [0.29, 0.717) is 0 Å². The number of aldehydes is 1. The van der Waals surface area contributed by atoms with Crippen molar-refractivity contribution in [1.82, 2.24) is 0 Å². The predicted molar refractivity (Wildman–Crippen MR) is 40.7 cm³/mol. The van der Waals surface area contributed by atoms with E-state index in [-0.39, 0.29) is 6.10 Å². The molecule has 0 spiro atoms. The molecule has 0 heterocycles. The van der Waals surface area contributed by atoms with Crippen LogP contribution in [-0.4, -0.2) is 17.5 Å². The smallest absolute Gasteiger partial charge is 0.145 e. The number of aliphatic hydroxyl groups is 1. The van der Waals surface area contributed by atoms with Crippen molar-refractivity contribution in [2.45, 2.75) is 32.8 Å². The van der Waals surface area contributed by atoms with Gasteiger partial charge >= 0.3 is 0 Å². The van der Waals surface area contributed by atoms with Gasteiger partial charge in [-0.15, -0.1) is 0 Å². The minimum absolute atomic E-state index is 0.268. The highest BCUT2D eigenvalue weighted by Crippen LogP contribution is 1.99. The standard InChI is InChI=1S/C8H14O2/c1-7(6-9)4-3-5-8(2)10/h4,6,8,10H,3,5H2,1-2H3/b7-4+. The largest absolute Gasteiger partial charge is 0.393 e. The molecule has 0 aliphatic heterocycles. The highest BCUT2D eigenvalue weighted by Gasteiger charge is 1.92. The van der Waals surface area contributed by atoms with Gasteiger partial charge in [-0.05, 0) is 32.3 Å². The molecular weight excluding hydrogens is 128 g/mol. The molecular formula is C8H14O2. The molecule has 0 aromatic carbocycles. The summed E-state index contributed by atoms with van der Waals surface area (Å²) in [4.78, 5) is 10.0. The third-order valence-electron chi connectivity index (χ3n) is 1.24. The Labute approximate surface area is 61.6 Å². The minimum atomic E-state index is -0.268. The number of allylic oxidation sites excluding steroid dienone is 2. The number of hydrogen-bond acceptors (Lipinski definition) is 2. The fourth-order valence-corrected chi connectivity index (χ4v) is 0.600. The van der Waals surface area contributed by atoms with Gasteiger partial charge in [0.05, 0.1) is 6.10 Å². The molecule has 0 aliphatic carbocycles. The molecule has 1 atom stereocenters. The first kappa shape index (κ1) is 9.37. The van der Waals surface area contributed by atoms with E-state index in [4.69, 9.17) is 5.11 Å². The zero-order chi connectivity index (χ0) is 7.98. The number of rotatable bonds is 4. The average molecular weight is 142 g/mol. The van der Waals surface area contributed by atoms with Crippen LogP contribution in [0.3, 0.4) is 0 Å². The molecule has 58 valence electrons. The van der Waals surface area contributed by atoms with Crippen molar-refractivity contribution >= 4 is 6.29 Å². The molecule has 2 heteroatoms. The Morgan fingerprint density at radius 2 is 2.30 bits per heavy atom. The Morgan fingerprint density at radius 3 is 2.70 bits per heavy atom. The topological polar surface area (TPSA) is 37.3 Å². The maximum Gasteiger partial charge on any atom is 0.145 e. The van der Waals surface area contributed by atoms with E-state index in [2.05, 4.69) is 0 Å². The molecule has 0 amide bonds. The predicted octanol–water partition coefficient (Wildman–Crippen LogP) is 1.29. The van der Waals surface area contributed by atoms with Crippen LogP contribution in [0.1, 0.15) is 26.7 Å². The average Bonchev–Trinajstić information content (AvgIpc) is 1.87. The number of carbonyl (C=O) groups excluding carboxylic acids is 1. The van der Waals surface area contributed by atoms with Crippen molar-refractivity contribution in [3.63, 3.8) is 0 Å². The van der Waals surface area contributed by atoms with E-state index in [1.807, 2.05) is 6.08 Å². The van der Waals surface area contributed by atoms with Crippen molar-refractivity contribution < 1.29 is 9.90 Å². The van der Waals surface area contributed by atoms with Crippen molar-refractivity contribution in [3.8, 4) is 0 Å². The third kappa shape index (κ3) is 5.51. The van der Waals surface area contributed by atoms with Gasteiger partial charge in [0.15, 0.2) is 0 Å². The summed E-state index contributed by atoms with van der Waals surface area (Å²) in [6.07, 6.45) is 3.89. The van der Waals surface area contributed by atoms with Gasteiger partial charge in [-0.25, -0.2) is 0 Å². The lowest BCUT2D eigenvalue weighted by molar-refractivity contribution is -0.104. The first-order valence-corrected chi connectivity index (χ1v) is 3.47. The molecule has 0 aromatic rings. The van der Waals surface area contributed by atoms with Gasteiger partial charge in [0, 0.05) is 0 Å². The molecule has 1 N–H and O–H groups in total. The van der Waals surface area contributed by atoms with Gasteiger partial charge in [-0.1, -0.05) is 6.08 Å². The summed E-state index contributed by atoms with van der Waals surface area (Å²) in [5.41, 5.74) is 0.737. The van der Waals surface area contributed by atoms with Gasteiger partial charge in [-0.2, -0.15) is 0 Å². The van der Waals surface area contributed by atoms with Crippen molar-refractivity contribution in [2.75, 3.05) is 0 Å². The molecule has 1 unspecified atom stereocenters. The minimum Gasteiger partial charge on any atom is -0.393 e. The van der Waals surface area contributed by atoms with Crippen LogP contribution in [0, 0.1) is 0 Å². The van der Waals surface area contributed by atoms with Gasteiger partial charge in [0.1, 0.15) is 6.29 Å². The third-order valence-corrected chi connectivity index (χ3v) is 1.24. The van der Waals surface area contributed by atoms with E-state index >= 15 is 0 Å². The second kappa shape index (κ2) is 5.18. The summed E-state index contributed by atoms with van der Waals surface area (Å²) in [7, 11) is 0. The van der Waals surface area contributed by atoms with Crippen molar-refractivity contribution in [1.29, 1.82) is 0 Å². The summed E-state index contributed by atoms with van der Waals surface area (Å²) in [5.74, 6) is 0. The number of carbonyl (C=O) groups is 1. The maximum absolute atomic E-state index is 10.0. The van der Waals surface area contributed by atoms with Crippen LogP contribution >= 0.6 is 0 Å². The zero-order valence-corrected chi connectivity index (χ0v) is 6.50. The lowest BCUT2D eigenvalue weighted by Gasteiger charge is -1.98. The summed E-state index contributed by atoms with van der Waals surface area (Å²) in [5, 5.41) is 8.82. The molecule has 0 fully saturated rings. The second-order valence-electron chi connectivity index (χ2n) is 2.49. The van der Waals surface area contributed by atoms with E-state index in [1.165, 1.54) is 0 Å².